The Morgan fingerprint density at radius 1 is 1.26 bits per heavy atom. The summed E-state index contributed by atoms with van der Waals surface area (Å²) in [4.78, 5) is 9.08. The van der Waals surface area contributed by atoms with Gasteiger partial charge in [-0.25, -0.2) is 4.98 Å². The number of nitrogens with one attached hydrogen (secondary N) is 1. The topological polar surface area (TPSA) is 52.0 Å². The summed E-state index contributed by atoms with van der Waals surface area (Å²) < 4.78 is 7.69. The van der Waals surface area contributed by atoms with Gasteiger partial charge >= 0.3 is 0 Å². The van der Waals surface area contributed by atoms with Gasteiger partial charge in [-0.2, -0.15) is 0 Å². The van der Waals surface area contributed by atoms with Gasteiger partial charge in [-0.3, -0.25) is 4.98 Å². The second kappa shape index (κ2) is 6.06. The minimum absolute atomic E-state index is 0.0334. The third-order valence-corrected chi connectivity index (χ3v) is 5.31. The van der Waals surface area contributed by atoms with Crippen molar-refractivity contribution in [2.24, 2.45) is 0 Å². The van der Waals surface area contributed by atoms with E-state index >= 15 is 0 Å². The highest BCUT2D eigenvalue weighted by Crippen LogP contribution is 2.36. The predicted octanol–water partition coefficient (Wildman–Crippen LogP) is 2.78. The first-order chi connectivity index (χ1) is 11.2. The first-order valence-electron chi connectivity index (χ1n) is 7.85. The Morgan fingerprint density at radius 2 is 2.09 bits per heavy atom. The van der Waals surface area contributed by atoms with E-state index < -0.39 is 0 Å². The predicted molar refractivity (Wildman–Crippen MR) is 89.0 cm³/mol. The summed E-state index contributed by atoms with van der Waals surface area (Å²) >= 11 is 12.2. The molecule has 5 nitrogen and oxygen atoms in total. The van der Waals surface area contributed by atoms with Gasteiger partial charge in [0.15, 0.2) is 0 Å². The number of fused-ring (bicyclic) bond motifs is 2. The Bertz CT molecular complexity index is 725. The van der Waals surface area contributed by atoms with Crippen molar-refractivity contribution in [1.82, 2.24) is 19.9 Å². The van der Waals surface area contributed by atoms with Gasteiger partial charge in [0, 0.05) is 38.1 Å². The first-order valence-corrected chi connectivity index (χ1v) is 8.61. The van der Waals surface area contributed by atoms with Crippen LogP contribution in [0.15, 0.2) is 18.6 Å². The van der Waals surface area contributed by atoms with Crippen molar-refractivity contribution in [3.63, 3.8) is 0 Å². The van der Waals surface area contributed by atoms with Crippen LogP contribution in [0.1, 0.15) is 29.9 Å². The number of imidazole rings is 1. The van der Waals surface area contributed by atoms with E-state index in [1.807, 2.05) is 6.33 Å². The number of pyridine rings is 1. The Balaban J connectivity index is 1.67. The van der Waals surface area contributed by atoms with Gasteiger partial charge in [-0.1, -0.05) is 23.2 Å². The quantitative estimate of drug-likeness (QED) is 0.902. The zero-order valence-electron chi connectivity index (χ0n) is 12.7. The maximum Gasteiger partial charge on any atom is 0.0956 e. The smallest absolute Gasteiger partial charge is 0.0956 e. The minimum atomic E-state index is -0.0334. The summed E-state index contributed by atoms with van der Waals surface area (Å²) in [5.74, 6) is 0. The van der Waals surface area contributed by atoms with Gasteiger partial charge < -0.3 is 14.6 Å². The molecule has 2 aromatic heterocycles. The standard InChI is InChI=1S/C16H18Cl2N4O/c17-11-7-12(18)13(19-8-11)9-22-10-20-15-14(22)1-4-21-16(15)2-5-23-6-3-16/h7-8,10,21H,1-6,9H2. The molecule has 4 heterocycles. The van der Waals surface area contributed by atoms with Crippen LogP contribution in [-0.2, 0) is 23.2 Å². The first kappa shape index (κ1) is 15.4. The lowest BCUT2D eigenvalue weighted by Gasteiger charge is -2.40. The Hall–Kier alpha value is -1.14. The molecule has 0 bridgehead atoms. The molecule has 0 radical (unpaired) electrons. The molecule has 0 amide bonds. The lowest BCUT2D eigenvalue weighted by atomic mass is 9.82. The molecular formula is C16H18Cl2N4O. The molecule has 0 aromatic carbocycles. The van der Waals surface area contributed by atoms with Crippen molar-refractivity contribution >= 4 is 23.2 Å². The van der Waals surface area contributed by atoms with Gasteiger partial charge in [-0.15, -0.1) is 0 Å². The maximum absolute atomic E-state index is 6.26. The molecule has 1 fully saturated rings. The molecular weight excluding hydrogens is 335 g/mol. The van der Waals surface area contributed by atoms with Crippen LogP contribution in [0.2, 0.25) is 10.0 Å². The molecule has 0 aliphatic carbocycles. The molecule has 122 valence electrons. The molecule has 7 heteroatoms. The molecule has 2 aromatic rings. The van der Waals surface area contributed by atoms with E-state index in [-0.39, 0.29) is 5.54 Å². The Kier molecular flexibility index (Phi) is 4.05. The largest absolute Gasteiger partial charge is 0.381 e. The van der Waals surface area contributed by atoms with Gasteiger partial charge in [0.1, 0.15) is 0 Å². The summed E-state index contributed by atoms with van der Waals surface area (Å²) in [6, 6.07) is 1.73. The molecule has 0 atom stereocenters. The minimum Gasteiger partial charge on any atom is -0.381 e. The average molecular weight is 353 g/mol. The number of aromatic nitrogens is 3. The number of rotatable bonds is 2. The van der Waals surface area contributed by atoms with Crippen molar-refractivity contribution in [3.05, 3.63) is 45.7 Å². The van der Waals surface area contributed by atoms with Crippen LogP contribution in [0.25, 0.3) is 0 Å². The highest BCUT2D eigenvalue weighted by molar-refractivity contribution is 6.34. The second-order valence-electron chi connectivity index (χ2n) is 6.12. The fourth-order valence-electron chi connectivity index (χ4n) is 3.56. The van der Waals surface area contributed by atoms with Crippen LogP contribution in [0.3, 0.4) is 0 Å². The van der Waals surface area contributed by atoms with E-state index in [1.165, 1.54) is 5.69 Å². The van der Waals surface area contributed by atoms with E-state index in [0.717, 1.165) is 50.4 Å². The summed E-state index contributed by atoms with van der Waals surface area (Å²) in [6.07, 6.45) is 6.44. The van der Waals surface area contributed by atoms with Crippen LogP contribution < -0.4 is 5.32 Å². The summed E-state index contributed by atoms with van der Waals surface area (Å²) in [5.41, 5.74) is 3.22. The Labute approximate surface area is 145 Å². The highest BCUT2D eigenvalue weighted by Gasteiger charge is 2.40. The van der Waals surface area contributed by atoms with Crippen LogP contribution in [0.5, 0.6) is 0 Å². The van der Waals surface area contributed by atoms with E-state index in [0.29, 0.717) is 16.6 Å². The van der Waals surface area contributed by atoms with E-state index in [9.17, 15) is 0 Å². The molecule has 2 aliphatic heterocycles. The number of ether oxygens (including phenoxy) is 1. The lowest BCUT2D eigenvalue weighted by Crippen LogP contribution is -2.51. The van der Waals surface area contributed by atoms with Crippen LogP contribution in [-0.4, -0.2) is 34.3 Å². The van der Waals surface area contributed by atoms with Crippen molar-refractivity contribution in [3.8, 4) is 0 Å². The van der Waals surface area contributed by atoms with Gasteiger partial charge in [-0.05, 0) is 18.9 Å². The van der Waals surface area contributed by atoms with E-state index in [4.69, 9.17) is 32.9 Å². The van der Waals surface area contributed by atoms with Crippen LogP contribution in [0.4, 0.5) is 0 Å². The third-order valence-electron chi connectivity index (χ3n) is 4.78. The van der Waals surface area contributed by atoms with Crippen LogP contribution >= 0.6 is 23.2 Å². The Morgan fingerprint density at radius 3 is 2.87 bits per heavy atom. The van der Waals surface area contributed by atoms with Gasteiger partial charge in [0.2, 0.25) is 0 Å². The summed E-state index contributed by atoms with van der Waals surface area (Å²) in [5, 5.41) is 4.82. The van der Waals surface area contributed by atoms with Crippen LogP contribution in [0, 0.1) is 0 Å². The number of nitrogens with zero attached hydrogens (tertiary/aromatic N) is 3. The van der Waals surface area contributed by atoms with Crippen molar-refractivity contribution in [2.75, 3.05) is 19.8 Å². The molecule has 4 rings (SSSR count). The molecule has 23 heavy (non-hydrogen) atoms. The SMILES string of the molecule is Clc1cnc(Cn2cnc3c2CCNC32CCOCC2)c(Cl)c1. The van der Waals surface area contributed by atoms with Crippen molar-refractivity contribution in [1.29, 1.82) is 0 Å². The second-order valence-corrected chi connectivity index (χ2v) is 6.96. The maximum atomic E-state index is 6.26. The molecule has 0 saturated carbocycles. The number of halogens is 2. The zero-order valence-corrected chi connectivity index (χ0v) is 14.2. The molecule has 2 aliphatic rings. The van der Waals surface area contributed by atoms with Crippen molar-refractivity contribution < 1.29 is 4.74 Å². The lowest BCUT2D eigenvalue weighted by molar-refractivity contribution is 0.0322. The monoisotopic (exact) mass is 352 g/mol. The normalized spacial score (nSPS) is 19.7. The van der Waals surface area contributed by atoms with E-state index in [1.54, 1.807) is 12.3 Å². The zero-order chi connectivity index (χ0) is 15.9. The van der Waals surface area contributed by atoms with Gasteiger partial charge in [0.05, 0.1) is 39.8 Å². The number of hydrogen-bond acceptors (Lipinski definition) is 4. The van der Waals surface area contributed by atoms with Gasteiger partial charge in [0.25, 0.3) is 0 Å². The summed E-state index contributed by atoms with van der Waals surface area (Å²) in [6.45, 7) is 3.14. The van der Waals surface area contributed by atoms with E-state index in [2.05, 4.69) is 14.9 Å². The molecule has 0 unspecified atom stereocenters. The molecule has 1 saturated heterocycles. The number of hydrogen-bond donors (Lipinski definition) is 1. The highest BCUT2D eigenvalue weighted by atomic mass is 35.5. The summed E-state index contributed by atoms with van der Waals surface area (Å²) in [7, 11) is 0. The third kappa shape index (κ3) is 2.76. The van der Waals surface area contributed by atoms with Crippen molar-refractivity contribution in [2.45, 2.75) is 31.3 Å². The fourth-order valence-corrected chi connectivity index (χ4v) is 4.00. The average Bonchev–Trinajstić information content (AvgIpc) is 2.96. The molecule has 1 N–H and O–H groups in total. The fraction of sp³-hybridized carbons (Fsp3) is 0.500. The molecule has 1 spiro atoms.